The summed E-state index contributed by atoms with van der Waals surface area (Å²) in [6, 6.07) is 5.31. The van der Waals surface area contributed by atoms with E-state index in [2.05, 4.69) is 14.7 Å². The summed E-state index contributed by atoms with van der Waals surface area (Å²) in [5.41, 5.74) is 0.221. The number of ether oxygens (including phenoxy) is 1. The standard InChI is InChI=1S/C13H9F2N3O/c1-19-12-7-9(14)8(6-10(12)15)11-3-5-17-13(18-11)2-4-16/h3,5-7H,2H2,1H3. The number of hydrogen-bond donors (Lipinski definition) is 0. The minimum absolute atomic E-state index is 0.000102. The van der Waals surface area contributed by atoms with Gasteiger partial charge >= 0.3 is 0 Å². The average Bonchev–Trinajstić information content (AvgIpc) is 2.41. The van der Waals surface area contributed by atoms with Gasteiger partial charge < -0.3 is 4.74 Å². The van der Waals surface area contributed by atoms with Crippen LogP contribution >= 0.6 is 0 Å². The maximum absolute atomic E-state index is 13.8. The fourth-order valence-electron chi connectivity index (χ4n) is 1.59. The highest BCUT2D eigenvalue weighted by molar-refractivity contribution is 5.61. The van der Waals surface area contributed by atoms with Crippen LogP contribution in [0.15, 0.2) is 24.4 Å². The van der Waals surface area contributed by atoms with E-state index in [0.29, 0.717) is 0 Å². The Morgan fingerprint density at radius 1 is 1.32 bits per heavy atom. The predicted molar refractivity (Wildman–Crippen MR) is 63.3 cm³/mol. The molecule has 0 aliphatic heterocycles. The zero-order chi connectivity index (χ0) is 13.8. The molecule has 96 valence electrons. The van der Waals surface area contributed by atoms with Gasteiger partial charge in [0.1, 0.15) is 11.6 Å². The molecule has 0 N–H and O–H groups in total. The summed E-state index contributed by atoms with van der Waals surface area (Å²) in [5, 5.41) is 8.57. The van der Waals surface area contributed by atoms with Gasteiger partial charge in [0, 0.05) is 17.8 Å². The molecule has 19 heavy (non-hydrogen) atoms. The Kier molecular flexibility index (Phi) is 3.66. The molecule has 6 heteroatoms. The third-order valence-corrected chi connectivity index (χ3v) is 2.46. The number of rotatable bonds is 3. The van der Waals surface area contributed by atoms with Gasteiger partial charge in [-0.05, 0) is 12.1 Å². The molecule has 4 nitrogen and oxygen atoms in total. The molecule has 0 amide bonds. The van der Waals surface area contributed by atoms with E-state index in [-0.39, 0.29) is 29.3 Å². The van der Waals surface area contributed by atoms with Crippen molar-refractivity contribution in [3.63, 3.8) is 0 Å². The van der Waals surface area contributed by atoms with Crippen LogP contribution in [0.4, 0.5) is 8.78 Å². The lowest BCUT2D eigenvalue weighted by atomic mass is 10.1. The Hall–Kier alpha value is -2.55. The highest BCUT2D eigenvalue weighted by Gasteiger charge is 2.13. The number of nitriles is 1. The van der Waals surface area contributed by atoms with Crippen molar-refractivity contribution in [1.29, 1.82) is 5.26 Å². The molecule has 2 aromatic rings. The lowest BCUT2D eigenvalue weighted by Crippen LogP contribution is -1.98. The molecule has 0 saturated carbocycles. The topological polar surface area (TPSA) is 58.8 Å². The molecule has 0 spiro atoms. The number of aromatic nitrogens is 2. The molecular weight excluding hydrogens is 252 g/mol. The molecule has 0 radical (unpaired) electrons. The van der Waals surface area contributed by atoms with Gasteiger partial charge in [0.05, 0.1) is 25.3 Å². The summed E-state index contributed by atoms with van der Waals surface area (Å²) in [6.45, 7) is 0. The van der Waals surface area contributed by atoms with E-state index in [1.807, 2.05) is 6.07 Å². The Morgan fingerprint density at radius 3 is 2.79 bits per heavy atom. The van der Waals surface area contributed by atoms with Crippen LogP contribution in [0.5, 0.6) is 5.75 Å². The summed E-state index contributed by atoms with van der Waals surface area (Å²) >= 11 is 0. The van der Waals surface area contributed by atoms with Crippen molar-refractivity contribution >= 4 is 0 Å². The number of nitrogens with zero attached hydrogens (tertiary/aromatic N) is 3. The van der Waals surface area contributed by atoms with Gasteiger partial charge in [-0.1, -0.05) is 0 Å². The molecule has 1 aromatic heterocycles. The van der Waals surface area contributed by atoms with Gasteiger partial charge in [0.25, 0.3) is 0 Å². The summed E-state index contributed by atoms with van der Waals surface area (Å²) in [7, 11) is 1.26. The highest BCUT2D eigenvalue weighted by Crippen LogP contribution is 2.27. The largest absolute Gasteiger partial charge is 0.494 e. The maximum atomic E-state index is 13.8. The molecule has 2 rings (SSSR count). The zero-order valence-corrected chi connectivity index (χ0v) is 10.0. The first kappa shape index (κ1) is 12.9. The first-order valence-electron chi connectivity index (χ1n) is 5.38. The second-order valence-corrected chi connectivity index (χ2v) is 3.66. The lowest BCUT2D eigenvalue weighted by molar-refractivity contribution is 0.383. The average molecular weight is 261 g/mol. The van der Waals surface area contributed by atoms with Crippen molar-refractivity contribution in [2.75, 3.05) is 7.11 Å². The van der Waals surface area contributed by atoms with Crippen LogP contribution in [0.1, 0.15) is 5.82 Å². The number of halogens is 2. The predicted octanol–water partition coefficient (Wildman–Crippen LogP) is 2.50. The number of methoxy groups -OCH3 is 1. The summed E-state index contributed by atoms with van der Waals surface area (Å²) in [4.78, 5) is 7.88. The van der Waals surface area contributed by atoms with Crippen LogP contribution in [0.25, 0.3) is 11.3 Å². The molecular formula is C13H9F2N3O. The van der Waals surface area contributed by atoms with Gasteiger partial charge in [0.15, 0.2) is 11.6 Å². The third-order valence-electron chi connectivity index (χ3n) is 2.46. The molecule has 0 aliphatic carbocycles. The van der Waals surface area contributed by atoms with E-state index in [1.54, 1.807) is 0 Å². The molecule has 1 heterocycles. The monoisotopic (exact) mass is 261 g/mol. The van der Waals surface area contributed by atoms with Gasteiger partial charge in [-0.2, -0.15) is 5.26 Å². The molecule has 0 bridgehead atoms. The van der Waals surface area contributed by atoms with Crippen molar-refractivity contribution in [2.24, 2.45) is 0 Å². The first-order chi connectivity index (χ1) is 9.15. The minimum atomic E-state index is -0.681. The molecule has 0 fully saturated rings. The summed E-state index contributed by atoms with van der Waals surface area (Å²) in [6.07, 6.45) is 1.41. The zero-order valence-electron chi connectivity index (χ0n) is 10.0. The molecule has 0 unspecified atom stereocenters. The fourth-order valence-corrected chi connectivity index (χ4v) is 1.59. The van der Waals surface area contributed by atoms with E-state index in [1.165, 1.54) is 19.4 Å². The third kappa shape index (κ3) is 2.65. The van der Waals surface area contributed by atoms with Crippen LogP contribution in [0.3, 0.4) is 0 Å². The van der Waals surface area contributed by atoms with E-state index in [4.69, 9.17) is 5.26 Å². The van der Waals surface area contributed by atoms with Crippen LogP contribution in [-0.4, -0.2) is 17.1 Å². The van der Waals surface area contributed by atoms with Gasteiger partial charge in [-0.3, -0.25) is 0 Å². The number of hydrogen-bond acceptors (Lipinski definition) is 4. The van der Waals surface area contributed by atoms with E-state index >= 15 is 0 Å². The Balaban J connectivity index is 2.50. The normalized spacial score (nSPS) is 10.0. The SMILES string of the molecule is COc1cc(F)c(-c2ccnc(CC#N)n2)cc1F. The van der Waals surface area contributed by atoms with E-state index in [9.17, 15) is 8.78 Å². The minimum Gasteiger partial charge on any atom is -0.494 e. The quantitative estimate of drug-likeness (QED) is 0.851. The highest BCUT2D eigenvalue weighted by atomic mass is 19.1. The first-order valence-corrected chi connectivity index (χ1v) is 5.38. The van der Waals surface area contributed by atoms with Crippen LogP contribution < -0.4 is 4.74 Å². The van der Waals surface area contributed by atoms with Crippen molar-refractivity contribution in [1.82, 2.24) is 9.97 Å². The Morgan fingerprint density at radius 2 is 2.11 bits per heavy atom. The molecule has 0 aliphatic rings. The van der Waals surface area contributed by atoms with Crippen LogP contribution in [-0.2, 0) is 6.42 Å². The fraction of sp³-hybridized carbons (Fsp3) is 0.154. The molecule has 0 atom stereocenters. The van der Waals surface area contributed by atoms with E-state index < -0.39 is 11.6 Å². The van der Waals surface area contributed by atoms with Crippen molar-refractivity contribution in [2.45, 2.75) is 6.42 Å². The summed E-state index contributed by atoms with van der Waals surface area (Å²) in [5.74, 6) is -1.25. The Bertz CT molecular complexity index is 653. The Labute approximate surface area is 108 Å². The second kappa shape index (κ2) is 5.40. The van der Waals surface area contributed by atoms with Crippen molar-refractivity contribution < 1.29 is 13.5 Å². The summed E-state index contributed by atoms with van der Waals surface area (Å²) < 4.78 is 32.1. The molecule has 1 aromatic carbocycles. The van der Waals surface area contributed by atoms with Gasteiger partial charge in [-0.15, -0.1) is 0 Å². The second-order valence-electron chi connectivity index (χ2n) is 3.66. The molecule has 0 saturated heterocycles. The maximum Gasteiger partial charge on any atom is 0.165 e. The van der Waals surface area contributed by atoms with Crippen LogP contribution in [0.2, 0.25) is 0 Å². The van der Waals surface area contributed by atoms with E-state index in [0.717, 1.165) is 12.1 Å². The van der Waals surface area contributed by atoms with Gasteiger partial charge in [0.2, 0.25) is 0 Å². The number of benzene rings is 1. The smallest absolute Gasteiger partial charge is 0.165 e. The van der Waals surface area contributed by atoms with Crippen molar-refractivity contribution in [3.8, 4) is 23.1 Å². The lowest BCUT2D eigenvalue weighted by Gasteiger charge is -2.07. The van der Waals surface area contributed by atoms with Gasteiger partial charge in [-0.25, -0.2) is 18.7 Å². The van der Waals surface area contributed by atoms with Crippen molar-refractivity contribution in [3.05, 3.63) is 41.9 Å². The van der Waals surface area contributed by atoms with Crippen LogP contribution in [0, 0.1) is 23.0 Å².